The average molecular weight is 170 g/mol. The molecule has 0 nitrogen and oxygen atoms in total. The molecule has 12 heavy (non-hydrogen) atoms. The van der Waals surface area contributed by atoms with Crippen molar-refractivity contribution < 1.29 is 0 Å². The molecule has 74 valence electrons. The van der Waals surface area contributed by atoms with Gasteiger partial charge in [-0.15, -0.1) is 0 Å². The third-order valence-electron chi connectivity index (χ3n) is 2.58. The monoisotopic (exact) mass is 170 g/mol. The van der Waals surface area contributed by atoms with Crippen molar-refractivity contribution in [3.05, 3.63) is 0 Å². The molecule has 0 N–H and O–H groups in total. The fourth-order valence-corrected chi connectivity index (χ4v) is 1.80. The Hall–Kier alpha value is 0. The van der Waals surface area contributed by atoms with Gasteiger partial charge in [0.25, 0.3) is 0 Å². The van der Waals surface area contributed by atoms with Crippen LogP contribution >= 0.6 is 0 Å². The van der Waals surface area contributed by atoms with Crippen molar-refractivity contribution in [1.82, 2.24) is 0 Å². The lowest BCUT2D eigenvalue weighted by molar-refractivity contribution is 0.160. The van der Waals surface area contributed by atoms with E-state index in [1.807, 2.05) is 0 Å². The molecule has 0 aromatic rings. The topological polar surface area (TPSA) is 0 Å². The van der Waals surface area contributed by atoms with Gasteiger partial charge in [-0.3, -0.25) is 0 Å². The molecule has 0 spiro atoms. The molecule has 0 radical (unpaired) electrons. The maximum Gasteiger partial charge on any atom is -0.0354 e. The zero-order valence-electron chi connectivity index (χ0n) is 9.99. The summed E-state index contributed by atoms with van der Waals surface area (Å²) in [5, 5.41) is 0. The molecule has 0 heterocycles. The van der Waals surface area contributed by atoms with Gasteiger partial charge in [0.15, 0.2) is 0 Å². The predicted molar refractivity (Wildman–Crippen MR) is 57.3 cm³/mol. The molecule has 0 saturated carbocycles. The van der Waals surface area contributed by atoms with Gasteiger partial charge in [-0.2, -0.15) is 0 Å². The lowest BCUT2D eigenvalue weighted by Gasteiger charge is -2.35. The lowest BCUT2D eigenvalue weighted by atomic mass is 9.71. The van der Waals surface area contributed by atoms with E-state index < -0.39 is 0 Å². The number of hydrogen-bond acceptors (Lipinski definition) is 0. The van der Waals surface area contributed by atoms with E-state index in [2.05, 4.69) is 48.5 Å². The Bertz CT molecular complexity index is 120. The van der Waals surface area contributed by atoms with Crippen molar-refractivity contribution in [1.29, 1.82) is 0 Å². The predicted octanol–water partition coefficient (Wildman–Crippen LogP) is 4.49. The van der Waals surface area contributed by atoms with Gasteiger partial charge in [-0.05, 0) is 23.2 Å². The minimum atomic E-state index is 0.474. The van der Waals surface area contributed by atoms with Gasteiger partial charge in [0, 0.05) is 0 Å². The van der Waals surface area contributed by atoms with E-state index in [-0.39, 0.29) is 0 Å². The molecule has 0 aromatic carbocycles. The molecule has 0 aliphatic heterocycles. The van der Waals surface area contributed by atoms with E-state index in [4.69, 9.17) is 0 Å². The summed E-state index contributed by atoms with van der Waals surface area (Å²) in [5.74, 6) is 0.859. The van der Waals surface area contributed by atoms with E-state index >= 15 is 0 Å². The number of hydrogen-bond donors (Lipinski definition) is 0. The molecule has 0 amide bonds. The van der Waals surface area contributed by atoms with E-state index in [1.54, 1.807) is 0 Å². The van der Waals surface area contributed by atoms with Crippen LogP contribution in [0, 0.1) is 16.7 Å². The molecule has 0 aromatic heterocycles. The maximum atomic E-state index is 2.35. The highest BCUT2D eigenvalue weighted by Gasteiger charge is 2.27. The van der Waals surface area contributed by atoms with Crippen LogP contribution in [-0.2, 0) is 0 Å². The first kappa shape index (κ1) is 12.0. The summed E-state index contributed by atoms with van der Waals surface area (Å²) >= 11 is 0. The fourth-order valence-electron chi connectivity index (χ4n) is 1.80. The van der Waals surface area contributed by atoms with Crippen LogP contribution in [0.1, 0.15) is 61.3 Å². The highest BCUT2D eigenvalue weighted by molar-refractivity contribution is 4.77. The minimum Gasteiger partial charge on any atom is -0.0651 e. The van der Waals surface area contributed by atoms with Crippen molar-refractivity contribution in [2.75, 3.05) is 0 Å². The Kier molecular flexibility index (Phi) is 3.81. The smallest absolute Gasteiger partial charge is 0.0354 e. The average Bonchev–Trinajstić information content (AvgIpc) is 1.78. The van der Waals surface area contributed by atoms with Gasteiger partial charge in [0.2, 0.25) is 0 Å². The molecular formula is C12H26. The van der Waals surface area contributed by atoms with Gasteiger partial charge in [-0.1, -0.05) is 54.9 Å². The minimum absolute atomic E-state index is 0.474. The first-order valence-electron chi connectivity index (χ1n) is 5.17. The van der Waals surface area contributed by atoms with Crippen molar-refractivity contribution >= 4 is 0 Å². The first-order valence-corrected chi connectivity index (χ1v) is 5.17. The molecular weight excluding hydrogens is 144 g/mol. The van der Waals surface area contributed by atoms with Crippen LogP contribution < -0.4 is 0 Å². The van der Waals surface area contributed by atoms with E-state index in [9.17, 15) is 0 Å². The third-order valence-corrected chi connectivity index (χ3v) is 2.58. The second-order valence-electron chi connectivity index (χ2n) is 6.24. The normalized spacial score (nSPS) is 16.2. The van der Waals surface area contributed by atoms with Crippen molar-refractivity contribution in [3.63, 3.8) is 0 Å². The van der Waals surface area contributed by atoms with Crippen LogP contribution in [-0.4, -0.2) is 0 Å². The standard InChI is InChI=1S/C12H26/c1-8-10(12(5,6)7)9-11(2,3)4/h10H,8-9H2,1-7H3. The van der Waals surface area contributed by atoms with Crippen LogP contribution in [0.3, 0.4) is 0 Å². The zero-order valence-corrected chi connectivity index (χ0v) is 9.99. The molecule has 1 unspecified atom stereocenters. The summed E-state index contributed by atoms with van der Waals surface area (Å²) in [6.45, 7) is 16.4. The van der Waals surface area contributed by atoms with Crippen LogP contribution in [0.2, 0.25) is 0 Å². The van der Waals surface area contributed by atoms with Crippen LogP contribution in [0.5, 0.6) is 0 Å². The fraction of sp³-hybridized carbons (Fsp3) is 1.00. The quantitative estimate of drug-likeness (QED) is 0.572. The molecule has 0 bridgehead atoms. The molecule has 0 fully saturated rings. The van der Waals surface area contributed by atoms with E-state index in [0.29, 0.717) is 10.8 Å². The Balaban J connectivity index is 4.20. The van der Waals surface area contributed by atoms with Gasteiger partial charge in [0.1, 0.15) is 0 Å². The molecule has 0 aliphatic carbocycles. The number of rotatable bonds is 2. The van der Waals surface area contributed by atoms with Gasteiger partial charge in [0.05, 0.1) is 0 Å². The summed E-state index contributed by atoms with van der Waals surface area (Å²) in [7, 11) is 0. The highest BCUT2D eigenvalue weighted by atomic mass is 14.3. The van der Waals surface area contributed by atoms with E-state index in [1.165, 1.54) is 12.8 Å². The Morgan fingerprint density at radius 3 is 1.42 bits per heavy atom. The Morgan fingerprint density at radius 1 is 0.917 bits per heavy atom. The summed E-state index contributed by atoms with van der Waals surface area (Å²) < 4.78 is 0. The van der Waals surface area contributed by atoms with Crippen LogP contribution in [0.4, 0.5) is 0 Å². The van der Waals surface area contributed by atoms with Crippen LogP contribution in [0.25, 0.3) is 0 Å². The summed E-state index contributed by atoms with van der Waals surface area (Å²) in [5.41, 5.74) is 0.954. The molecule has 0 rings (SSSR count). The SMILES string of the molecule is CCC(CC(C)(C)C)C(C)(C)C. The highest BCUT2D eigenvalue weighted by Crippen LogP contribution is 2.37. The van der Waals surface area contributed by atoms with Crippen LogP contribution in [0.15, 0.2) is 0 Å². The zero-order chi connectivity index (χ0) is 9.99. The van der Waals surface area contributed by atoms with E-state index in [0.717, 1.165) is 5.92 Å². The van der Waals surface area contributed by atoms with Crippen molar-refractivity contribution in [2.24, 2.45) is 16.7 Å². The Morgan fingerprint density at radius 2 is 1.33 bits per heavy atom. The summed E-state index contributed by atoms with van der Waals surface area (Å²) in [6, 6.07) is 0. The molecule has 0 heteroatoms. The molecule has 0 aliphatic rings. The summed E-state index contributed by atoms with van der Waals surface area (Å²) in [6.07, 6.45) is 2.65. The third kappa shape index (κ3) is 4.79. The second kappa shape index (κ2) is 3.81. The summed E-state index contributed by atoms with van der Waals surface area (Å²) in [4.78, 5) is 0. The van der Waals surface area contributed by atoms with Gasteiger partial charge in [-0.25, -0.2) is 0 Å². The largest absolute Gasteiger partial charge is 0.0651 e. The molecule has 1 atom stereocenters. The van der Waals surface area contributed by atoms with Gasteiger partial charge >= 0.3 is 0 Å². The lowest BCUT2D eigenvalue weighted by Crippen LogP contribution is -2.24. The van der Waals surface area contributed by atoms with Crippen molar-refractivity contribution in [2.45, 2.75) is 61.3 Å². The maximum absolute atomic E-state index is 2.35. The van der Waals surface area contributed by atoms with Gasteiger partial charge < -0.3 is 0 Å². The second-order valence-corrected chi connectivity index (χ2v) is 6.24. The molecule has 0 saturated heterocycles. The van der Waals surface area contributed by atoms with Crippen molar-refractivity contribution in [3.8, 4) is 0 Å². The first-order chi connectivity index (χ1) is 5.17. The Labute approximate surface area is 78.8 Å².